The van der Waals surface area contributed by atoms with Gasteiger partial charge in [0.15, 0.2) is 0 Å². The van der Waals surface area contributed by atoms with Gasteiger partial charge < -0.3 is 9.47 Å². The number of ether oxygens (including phenoxy) is 2. The SMILES string of the molecule is COC(=O)c1ccccc1Oc1cnccc1[N+](=O)[O-]. The molecule has 20 heavy (non-hydrogen) atoms. The monoisotopic (exact) mass is 274 g/mol. The number of carbonyl (C=O) groups is 1. The number of aromatic nitrogens is 1. The molecule has 1 aromatic carbocycles. The highest BCUT2D eigenvalue weighted by Gasteiger charge is 2.18. The van der Waals surface area contributed by atoms with Crippen LogP contribution in [-0.4, -0.2) is 23.0 Å². The number of hydrogen-bond acceptors (Lipinski definition) is 6. The van der Waals surface area contributed by atoms with Crippen molar-refractivity contribution in [2.75, 3.05) is 7.11 Å². The molecule has 0 aliphatic heterocycles. The Hall–Kier alpha value is -2.96. The van der Waals surface area contributed by atoms with Crippen LogP contribution in [0.2, 0.25) is 0 Å². The van der Waals surface area contributed by atoms with Gasteiger partial charge in [0.25, 0.3) is 0 Å². The molecule has 2 aromatic rings. The van der Waals surface area contributed by atoms with Gasteiger partial charge in [0.05, 0.1) is 18.2 Å². The number of esters is 1. The number of benzene rings is 1. The number of methoxy groups -OCH3 is 1. The molecule has 0 fully saturated rings. The van der Waals surface area contributed by atoms with Crippen LogP contribution in [0.3, 0.4) is 0 Å². The average molecular weight is 274 g/mol. The van der Waals surface area contributed by atoms with E-state index in [-0.39, 0.29) is 22.7 Å². The second kappa shape index (κ2) is 5.79. The molecule has 0 saturated carbocycles. The normalized spacial score (nSPS) is 9.85. The molecule has 0 spiro atoms. The minimum atomic E-state index is -0.591. The van der Waals surface area contributed by atoms with Gasteiger partial charge in [-0.05, 0) is 12.1 Å². The number of nitro groups is 1. The first-order valence-corrected chi connectivity index (χ1v) is 5.57. The first kappa shape index (κ1) is 13.5. The van der Waals surface area contributed by atoms with E-state index < -0.39 is 10.9 Å². The quantitative estimate of drug-likeness (QED) is 0.483. The smallest absolute Gasteiger partial charge is 0.341 e. The third-order valence-corrected chi connectivity index (χ3v) is 2.47. The average Bonchev–Trinajstić information content (AvgIpc) is 2.47. The molecule has 102 valence electrons. The lowest BCUT2D eigenvalue weighted by molar-refractivity contribution is -0.385. The zero-order chi connectivity index (χ0) is 14.5. The van der Waals surface area contributed by atoms with E-state index in [1.165, 1.54) is 37.7 Å². The molecule has 7 nitrogen and oxygen atoms in total. The largest absolute Gasteiger partial charge is 0.465 e. The summed E-state index contributed by atoms with van der Waals surface area (Å²) in [5, 5.41) is 10.9. The molecule has 0 N–H and O–H groups in total. The number of carbonyl (C=O) groups excluding carboxylic acids is 1. The minimum absolute atomic E-state index is 0.0474. The first-order chi connectivity index (χ1) is 9.63. The Balaban J connectivity index is 2.41. The highest BCUT2D eigenvalue weighted by molar-refractivity contribution is 5.92. The fourth-order valence-corrected chi connectivity index (χ4v) is 1.55. The maximum atomic E-state index is 11.6. The summed E-state index contributed by atoms with van der Waals surface area (Å²) < 4.78 is 10.0. The van der Waals surface area contributed by atoms with Crippen molar-refractivity contribution >= 4 is 11.7 Å². The van der Waals surface area contributed by atoms with Gasteiger partial charge in [-0.2, -0.15) is 0 Å². The predicted octanol–water partition coefficient (Wildman–Crippen LogP) is 2.57. The van der Waals surface area contributed by atoms with Gasteiger partial charge >= 0.3 is 11.7 Å². The molecule has 0 bridgehead atoms. The summed E-state index contributed by atoms with van der Waals surface area (Å²) in [6.45, 7) is 0. The second-order valence-electron chi connectivity index (χ2n) is 3.69. The Kier molecular flexibility index (Phi) is 3.90. The van der Waals surface area contributed by atoms with Crippen molar-refractivity contribution < 1.29 is 19.2 Å². The van der Waals surface area contributed by atoms with E-state index in [1.807, 2.05) is 0 Å². The van der Waals surface area contributed by atoms with E-state index in [0.29, 0.717) is 0 Å². The van der Waals surface area contributed by atoms with Gasteiger partial charge in [-0.3, -0.25) is 15.1 Å². The maximum absolute atomic E-state index is 11.6. The van der Waals surface area contributed by atoms with E-state index in [1.54, 1.807) is 12.1 Å². The summed E-state index contributed by atoms with van der Waals surface area (Å²) in [5.41, 5.74) is -0.0622. The summed E-state index contributed by atoms with van der Waals surface area (Å²) in [4.78, 5) is 25.7. The molecular weight excluding hydrogens is 264 g/mol. The van der Waals surface area contributed by atoms with E-state index >= 15 is 0 Å². The summed E-state index contributed by atoms with van der Waals surface area (Å²) in [7, 11) is 1.24. The van der Waals surface area contributed by atoms with Crippen molar-refractivity contribution in [2.45, 2.75) is 0 Å². The van der Waals surface area contributed by atoms with E-state index in [0.717, 1.165) is 0 Å². The van der Waals surface area contributed by atoms with Crippen LogP contribution in [0.15, 0.2) is 42.7 Å². The second-order valence-corrected chi connectivity index (χ2v) is 3.69. The highest BCUT2D eigenvalue weighted by Crippen LogP contribution is 2.31. The fourth-order valence-electron chi connectivity index (χ4n) is 1.55. The summed E-state index contributed by atoms with van der Waals surface area (Å²) in [6.07, 6.45) is 2.50. The molecule has 0 atom stereocenters. The lowest BCUT2D eigenvalue weighted by Gasteiger charge is -2.09. The number of hydrogen-bond donors (Lipinski definition) is 0. The van der Waals surface area contributed by atoms with Crippen LogP contribution >= 0.6 is 0 Å². The standard InChI is InChI=1S/C13H10N2O5/c1-19-13(16)9-4-2-3-5-11(9)20-12-8-14-7-6-10(12)15(17)18/h2-8H,1H3. The van der Waals surface area contributed by atoms with Gasteiger partial charge in [0.1, 0.15) is 11.3 Å². The lowest BCUT2D eigenvalue weighted by Crippen LogP contribution is -2.04. The summed E-state index contributed by atoms with van der Waals surface area (Å²) in [6, 6.07) is 7.52. The number of rotatable bonds is 4. The van der Waals surface area contributed by atoms with E-state index in [9.17, 15) is 14.9 Å². The fraction of sp³-hybridized carbons (Fsp3) is 0.0769. The molecule has 1 aromatic heterocycles. The van der Waals surface area contributed by atoms with Crippen molar-refractivity contribution in [1.29, 1.82) is 0 Å². The van der Waals surface area contributed by atoms with Gasteiger partial charge in [0, 0.05) is 12.3 Å². The van der Waals surface area contributed by atoms with Crippen LogP contribution in [0, 0.1) is 10.1 Å². The molecule has 1 heterocycles. The van der Waals surface area contributed by atoms with E-state index in [2.05, 4.69) is 9.72 Å². The van der Waals surface area contributed by atoms with Crippen molar-refractivity contribution in [2.24, 2.45) is 0 Å². The zero-order valence-electron chi connectivity index (χ0n) is 10.5. The van der Waals surface area contributed by atoms with Crippen molar-refractivity contribution in [3.63, 3.8) is 0 Å². The maximum Gasteiger partial charge on any atom is 0.341 e. The number of nitrogens with zero attached hydrogens (tertiary/aromatic N) is 2. The van der Waals surface area contributed by atoms with Crippen LogP contribution < -0.4 is 4.74 Å². The Bertz CT molecular complexity index is 657. The molecular formula is C13H10N2O5. The molecule has 0 unspecified atom stereocenters. The van der Waals surface area contributed by atoms with Crippen LogP contribution in [0.1, 0.15) is 10.4 Å². The third-order valence-electron chi connectivity index (χ3n) is 2.47. The molecule has 0 saturated heterocycles. The van der Waals surface area contributed by atoms with Gasteiger partial charge in [-0.25, -0.2) is 4.79 Å². The Labute approximate surface area is 113 Å². The summed E-state index contributed by atoms with van der Waals surface area (Å²) in [5.74, 6) is -0.476. The van der Waals surface area contributed by atoms with Gasteiger partial charge in [-0.15, -0.1) is 0 Å². The van der Waals surface area contributed by atoms with Crippen LogP contribution in [0.4, 0.5) is 5.69 Å². The molecule has 0 amide bonds. The predicted molar refractivity (Wildman–Crippen MR) is 68.7 cm³/mol. The molecule has 2 rings (SSSR count). The Morgan fingerprint density at radius 1 is 1.25 bits per heavy atom. The Morgan fingerprint density at radius 2 is 2.00 bits per heavy atom. The first-order valence-electron chi connectivity index (χ1n) is 5.57. The number of pyridine rings is 1. The third kappa shape index (κ3) is 2.72. The minimum Gasteiger partial charge on any atom is -0.465 e. The molecule has 0 aliphatic rings. The molecule has 7 heteroatoms. The number of para-hydroxylation sites is 1. The zero-order valence-corrected chi connectivity index (χ0v) is 10.5. The van der Waals surface area contributed by atoms with Crippen molar-refractivity contribution in [1.82, 2.24) is 4.98 Å². The van der Waals surface area contributed by atoms with Crippen LogP contribution in [-0.2, 0) is 4.74 Å². The molecule has 0 aliphatic carbocycles. The highest BCUT2D eigenvalue weighted by atomic mass is 16.6. The van der Waals surface area contributed by atoms with Crippen LogP contribution in [0.25, 0.3) is 0 Å². The Morgan fingerprint density at radius 3 is 2.70 bits per heavy atom. The molecule has 0 radical (unpaired) electrons. The van der Waals surface area contributed by atoms with Crippen molar-refractivity contribution in [3.05, 3.63) is 58.4 Å². The lowest BCUT2D eigenvalue weighted by atomic mass is 10.2. The van der Waals surface area contributed by atoms with Gasteiger partial charge in [0.2, 0.25) is 5.75 Å². The van der Waals surface area contributed by atoms with E-state index in [4.69, 9.17) is 4.74 Å². The van der Waals surface area contributed by atoms with Crippen LogP contribution in [0.5, 0.6) is 11.5 Å². The topological polar surface area (TPSA) is 91.6 Å². The van der Waals surface area contributed by atoms with Crippen molar-refractivity contribution in [3.8, 4) is 11.5 Å². The summed E-state index contributed by atoms with van der Waals surface area (Å²) >= 11 is 0. The van der Waals surface area contributed by atoms with Gasteiger partial charge in [-0.1, -0.05) is 12.1 Å².